The molecule has 2 atom stereocenters. The Balaban J connectivity index is 3.48. The maximum absolute atomic E-state index is 12.5. The fraction of sp³-hybridized carbons (Fsp3) is 0.864. The summed E-state index contributed by atoms with van der Waals surface area (Å²) in [5, 5.41) is 23.1. The second-order valence-corrected chi connectivity index (χ2v) is 19.6. The molecule has 0 radical (unpaired) electrons. The summed E-state index contributed by atoms with van der Waals surface area (Å²) >= 11 is 0. The van der Waals surface area contributed by atoms with E-state index in [-0.39, 0.29) is 18.5 Å². The summed E-state index contributed by atoms with van der Waals surface area (Å²) in [5.74, 6) is -0.0901. The summed E-state index contributed by atoms with van der Waals surface area (Å²) in [5.41, 5.74) is 0. The Morgan fingerprint density at radius 2 is 0.769 bits per heavy atom. The maximum atomic E-state index is 12.5. The van der Waals surface area contributed by atoms with Gasteiger partial charge in [0, 0.05) is 12.8 Å². The summed E-state index contributed by atoms with van der Waals surface area (Å²) in [6.07, 6.45) is 67.2. The van der Waals surface area contributed by atoms with Gasteiger partial charge in [0.05, 0.1) is 25.4 Å². The Morgan fingerprint density at radius 1 is 0.431 bits per heavy atom. The number of nitrogens with one attached hydrogen (secondary N) is 1. The number of esters is 1. The van der Waals surface area contributed by atoms with E-state index in [1.165, 1.54) is 212 Å². The number of carbonyl (C=O) groups is 2. The SMILES string of the molecule is CCCCC/C=C\C/C=C\CCCCCCCC(=O)OCCCCCCCCCCCCCCCCCC(=O)NC(CO)C(O)/C=C/CCCCCCCCCCCCCCCCCC. The van der Waals surface area contributed by atoms with E-state index in [1.54, 1.807) is 6.08 Å². The van der Waals surface area contributed by atoms with Gasteiger partial charge in [0.2, 0.25) is 5.91 Å². The molecule has 0 heterocycles. The number of unbranched alkanes of at least 4 members (excludes halogenated alkanes) is 38. The first kappa shape index (κ1) is 63.1. The normalized spacial score (nSPS) is 12.9. The van der Waals surface area contributed by atoms with Crippen molar-refractivity contribution in [1.29, 1.82) is 0 Å². The van der Waals surface area contributed by atoms with E-state index in [1.807, 2.05) is 6.08 Å². The lowest BCUT2D eigenvalue weighted by atomic mass is 10.0. The molecule has 0 bridgehead atoms. The van der Waals surface area contributed by atoms with Crippen LogP contribution in [0.1, 0.15) is 303 Å². The van der Waals surface area contributed by atoms with Crippen molar-refractivity contribution in [3.05, 3.63) is 36.5 Å². The van der Waals surface area contributed by atoms with E-state index in [0.717, 1.165) is 64.2 Å². The molecule has 0 aliphatic rings. The molecule has 0 aromatic carbocycles. The summed E-state index contributed by atoms with van der Waals surface area (Å²) in [4.78, 5) is 24.5. The van der Waals surface area contributed by atoms with Gasteiger partial charge in [-0.2, -0.15) is 0 Å². The molecule has 0 aromatic heterocycles. The minimum absolute atomic E-state index is 0.0145. The van der Waals surface area contributed by atoms with Crippen molar-refractivity contribution in [3.63, 3.8) is 0 Å². The van der Waals surface area contributed by atoms with E-state index in [2.05, 4.69) is 43.5 Å². The smallest absolute Gasteiger partial charge is 0.305 e. The van der Waals surface area contributed by atoms with Crippen LogP contribution >= 0.6 is 0 Å². The molecule has 6 nitrogen and oxygen atoms in total. The monoisotopic (exact) mass is 914 g/mol. The first-order valence-electron chi connectivity index (χ1n) is 28.8. The highest BCUT2D eigenvalue weighted by atomic mass is 16.5. The average Bonchev–Trinajstić information content (AvgIpc) is 3.31. The van der Waals surface area contributed by atoms with Crippen LogP contribution in [-0.4, -0.2) is 47.4 Å². The molecule has 0 spiro atoms. The number of aliphatic hydroxyl groups excluding tert-OH is 2. The molecule has 3 N–H and O–H groups in total. The standard InChI is InChI=1S/C59H111NO5/c1-3-5-7-9-11-13-15-17-19-20-21-24-27-31-35-39-43-47-51-57(62)56(55-61)60-58(63)52-48-44-40-36-32-28-25-22-26-30-34-38-42-46-50-54-65-59(64)53-49-45-41-37-33-29-23-18-16-14-12-10-8-6-4-2/h12,14,18,23,47,51,56-57,61-62H,3-11,13,15-17,19-22,24-46,48-50,52-55H2,1-2H3,(H,60,63)/b14-12-,23-18-,51-47+. The first-order valence-corrected chi connectivity index (χ1v) is 28.8. The fourth-order valence-electron chi connectivity index (χ4n) is 8.72. The highest BCUT2D eigenvalue weighted by Gasteiger charge is 2.18. The largest absolute Gasteiger partial charge is 0.466 e. The van der Waals surface area contributed by atoms with E-state index < -0.39 is 12.1 Å². The van der Waals surface area contributed by atoms with Crippen LogP contribution in [-0.2, 0) is 14.3 Å². The molecule has 0 aliphatic heterocycles. The number of aliphatic hydroxyl groups is 2. The Bertz CT molecular complexity index is 1060. The fourth-order valence-corrected chi connectivity index (χ4v) is 8.72. The number of allylic oxidation sites excluding steroid dienone is 5. The summed E-state index contributed by atoms with van der Waals surface area (Å²) < 4.78 is 5.47. The molecule has 65 heavy (non-hydrogen) atoms. The molecule has 0 rings (SSSR count). The molecular weight excluding hydrogens is 803 g/mol. The lowest BCUT2D eigenvalue weighted by Gasteiger charge is -2.20. The van der Waals surface area contributed by atoms with Gasteiger partial charge >= 0.3 is 5.97 Å². The Kier molecular flexibility index (Phi) is 53.1. The zero-order valence-corrected chi connectivity index (χ0v) is 43.5. The minimum atomic E-state index is -0.851. The quantitative estimate of drug-likeness (QED) is 0.0321. The zero-order chi connectivity index (χ0) is 47.2. The number of amides is 1. The highest BCUT2D eigenvalue weighted by Crippen LogP contribution is 2.17. The van der Waals surface area contributed by atoms with E-state index in [0.29, 0.717) is 19.4 Å². The molecule has 0 aromatic rings. The second-order valence-electron chi connectivity index (χ2n) is 19.6. The van der Waals surface area contributed by atoms with E-state index in [4.69, 9.17) is 4.74 Å². The van der Waals surface area contributed by atoms with Gasteiger partial charge < -0.3 is 20.3 Å². The zero-order valence-electron chi connectivity index (χ0n) is 43.5. The number of hydrogen-bond acceptors (Lipinski definition) is 5. The predicted octanol–water partition coefficient (Wildman–Crippen LogP) is 17.6. The van der Waals surface area contributed by atoms with Crippen molar-refractivity contribution in [2.45, 2.75) is 315 Å². The molecule has 0 saturated carbocycles. The number of hydrogen-bond donors (Lipinski definition) is 3. The van der Waals surface area contributed by atoms with Crippen LogP contribution in [0.4, 0.5) is 0 Å². The Hall–Kier alpha value is -1.92. The van der Waals surface area contributed by atoms with Gasteiger partial charge in [-0.3, -0.25) is 9.59 Å². The van der Waals surface area contributed by atoms with E-state index >= 15 is 0 Å². The van der Waals surface area contributed by atoms with Crippen molar-refractivity contribution in [2.75, 3.05) is 13.2 Å². The van der Waals surface area contributed by atoms with Gasteiger partial charge in [0.1, 0.15) is 0 Å². The van der Waals surface area contributed by atoms with Gasteiger partial charge in [-0.25, -0.2) is 0 Å². The van der Waals surface area contributed by atoms with E-state index in [9.17, 15) is 19.8 Å². The van der Waals surface area contributed by atoms with Crippen molar-refractivity contribution >= 4 is 11.9 Å². The topological polar surface area (TPSA) is 95.9 Å². The summed E-state index contributed by atoms with van der Waals surface area (Å²) in [6, 6.07) is -0.635. The number of rotatable bonds is 53. The molecule has 382 valence electrons. The third-order valence-corrected chi connectivity index (χ3v) is 13.2. The summed E-state index contributed by atoms with van der Waals surface area (Å²) in [7, 11) is 0. The molecule has 2 unspecified atom stereocenters. The molecule has 0 aliphatic carbocycles. The van der Waals surface area contributed by atoms with Crippen LogP contribution in [0.5, 0.6) is 0 Å². The van der Waals surface area contributed by atoms with Crippen molar-refractivity contribution < 1.29 is 24.5 Å². The van der Waals surface area contributed by atoms with Gasteiger partial charge in [-0.05, 0) is 64.2 Å². The second kappa shape index (κ2) is 54.7. The molecule has 1 amide bonds. The van der Waals surface area contributed by atoms with Gasteiger partial charge in [0.15, 0.2) is 0 Å². The minimum Gasteiger partial charge on any atom is -0.466 e. The Morgan fingerprint density at radius 3 is 1.20 bits per heavy atom. The first-order chi connectivity index (χ1) is 32.0. The third kappa shape index (κ3) is 51.3. The van der Waals surface area contributed by atoms with Crippen LogP contribution in [0.25, 0.3) is 0 Å². The predicted molar refractivity (Wildman–Crippen MR) is 283 cm³/mol. The molecular formula is C59H111NO5. The Labute approximate surface area is 404 Å². The van der Waals surface area contributed by atoms with Crippen molar-refractivity contribution in [3.8, 4) is 0 Å². The van der Waals surface area contributed by atoms with Crippen LogP contribution in [0.2, 0.25) is 0 Å². The lowest BCUT2D eigenvalue weighted by molar-refractivity contribution is -0.143. The maximum Gasteiger partial charge on any atom is 0.305 e. The van der Waals surface area contributed by atoms with Crippen LogP contribution in [0.15, 0.2) is 36.5 Å². The third-order valence-electron chi connectivity index (χ3n) is 13.2. The van der Waals surface area contributed by atoms with Crippen molar-refractivity contribution in [1.82, 2.24) is 5.32 Å². The molecule has 0 fully saturated rings. The van der Waals surface area contributed by atoms with Crippen LogP contribution in [0.3, 0.4) is 0 Å². The number of ether oxygens (including phenoxy) is 1. The average molecular weight is 915 g/mol. The highest BCUT2D eigenvalue weighted by molar-refractivity contribution is 5.76. The van der Waals surface area contributed by atoms with Gasteiger partial charge in [0.25, 0.3) is 0 Å². The number of carbonyl (C=O) groups excluding carboxylic acids is 2. The molecule has 0 saturated heterocycles. The van der Waals surface area contributed by atoms with Crippen LogP contribution < -0.4 is 5.32 Å². The molecule has 6 heteroatoms. The van der Waals surface area contributed by atoms with Gasteiger partial charge in [-0.15, -0.1) is 0 Å². The van der Waals surface area contributed by atoms with Gasteiger partial charge in [-0.1, -0.05) is 262 Å². The lowest BCUT2D eigenvalue weighted by Crippen LogP contribution is -2.45. The summed E-state index contributed by atoms with van der Waals surface area (Å²) in [6.45, 7) is 4.86. The van der Waals surface area contributed by atoms with Crippen LogP contribution in [0, 0.1) is 0 Å². The van der Waals surface area contributed by atoms with Crippen molar-refractivity contribution in [2.24, 2.45) is 0 Å².